The monoisotopic (exact) mass is 961 g/mol. The van der Waals surface area contributed by atoms with Gasteiger partial charge in [0, 0.05) is 19.3 Å². The first-order valence-corrected chi connectivity index (χ1v) is 31.0. The normalized spacial score (nSPS) is 11.9. The van der Waals surface area contributed by atoms with Crippen LogP contribution in [0.25, 0.3) is 0 Å². The molecule has 0 bridgehead atoms. The van der Waals surface area contributed by atoms with Crippen molar-refractivity contribution in [1.82, 2.24) is 0 Å². The molecule has 1 atom stereocenters. The highest BCUT2D eigenvalue weighted by atomic mass is 16.6. The molecule has 6 nitrogen and oxygen atoms in total. The summed E-state index contributed by atoms with van der Waals surface area (Å²) < 4.78 is 16.9. The average molecular weight is 962 g/mol. The second-order valence-corrected chi connectivity index (χ2v) is 21.3. The molecule has 0 aliphatic rings. The molecular formula is C62H120O6. The number of unbranched alkanes of at least 4 members (excludes halogenated alkanes) is 47. The van der Waals surface area contributed by atoms with Crippen molar-refractivity contribution in [1.29, 1.82) is 0 Å². The number of ether oxygens (including phenoxy) is 3. The van der Waals surface area contributed by atoms with Crippen LogP contribution in [0.1, 0.15) is 361 Å². The Morgan fingerprint density at radius 1 is 0.235 bits per heavy atom. The van der Waals surface area contributed by atoms with Crippen LogP contribution in [0.3, 0.4) is 0 Å². The van der Waals surface area contributed by atoms with Crippen molar-refractivity contribution in [2.45, 2.75) is 367 Å². The lowest BCUT2D eigenvalue weighted by Crippen LogP contribution is -2.30. The molecule has 68 heavy (non-hydrogen) atoms. The molecule has 6 heteroatoms. The fourth-order valence-corrected chi connectivity index (χ4v) is 9.68. The third-order valence-corrected chi connectivity index (χ3v) is 14.4. The van der Waals surface area contributed by atoms with Gasteiger partial charge >= 0.3 is 17.9 Å². The Morgan fingerprint density at radius 2 is 0.397 bits per heavy atom. The Balaban J connectivity index is 4.24. The molecule has 0 heterocycles. The second-order valence-electron chi connectivity index (χ2n) is 21.3. The predicted octanol–water partition coefficient (Wildman–Crippen LogP) is 20.7. The molecule has 0 rings (SSSR count). The number of rotatable bonds is 58. The highest BCUT2D eigenvalue weighted by Crippen LogP contribution is 2.18. The summed E-state index contributed by atoms with van der Waals surface area (Å²) in [5.74, 6) is -0.828. The second kappa shape index (κ2) is 58.0. The summed E-state index contributed by atoms with van der Waals surface area (Å²) in [6.07, 6.45) is 65.3. The van der Waals surface area contributed by atoms with Crippen molar-refractivity contribution in [3.8, 4) is 0 Å². The first kappa shape index (κ1) is 66.4. The van der Waals surface area contributed by atoms with Crippen molar-refractivity contribution >= 4 is 17.9 Å². The van der Waals surface area contributed by atoms with Crippen LogP contribution in [0, 0.1) is 0 Å². The van der Waals surface area contributed by atoms with E-state index in [0.717, 1.165) is 57.8 Å². The van der Waals surface area contributed by atoms with E-state index in [2.05, 4.69) is 20.8 Å². The topological polar surface area (TPSA) is 78.9 Å². The van der Waals surface area contributed by atoms with Crippen LogP contribution < -0.4 is 0 Å². The maximum Gasteiger partial charge on any atom is 0.306 e. The van der Waals surface area contributed by atoms with Gasteiger partial charge in [-0.3, -0.25) is 14.4 Å². The van der Waals surface area contributed by atoms with Gasteiger partial charge in [-0.2, -0.15) is 0 Å². The van der Waals surface area contributed by atoms with E-state index < -0.39 is 6.10 Å². The number of carbonyl (C=O) groups excluding carboxylic acids is 3. The minimum absolute atomic E-state index is 0.0607. The van der Waals surface area contributed by atoms with Crippen molar-refractivity contribution < 1.29 is 28.6 Å². The standard InChI is InChI=1S/C62H120O6/c1-4-7-10-13-16-19-22-25-27-29-30-31-32-33-35-37-40-43-46-49-52-55-61(64)67-58-59(57-66-60(63)54-51-48-45-42-39-36-24-21-18-15-12-9-6-3)68-62(65)56-53-50-47-44-41-38-34-28-26-23-20-17-14-11-8-5-2/h59H,4-58H2,1-3H3. The Kier molecular flexibility index (Phi) is 56.6. The third-order valence-electron chi connectivity index (χ3n) is 14.4. The van der Waals surface area contributed by atoms with Crippen molar-refractivity contribution in [2.24, 2.45) is 0 Å². The Morgan fingerprint density at radius 3 is 0.588 bits per heavy atom. The third kappa shape index (κ3) is 55.3. The molecule has 0 aliphatic carbocycles. The predicted molar refractivity (Wildman–Crippen MR) is 294 cm³/mol. The molecule has 0 fully saturated rings. The molecule has 404 valence electrons. The van der Waals surface area contributed by atoms with E-state index in [1.54, 1.807) is 0 Å². The summed E-state index contributed by atoms with van der Waals surface area (Å²) in [5, 5.41) is 0. The van der Waals surface area contributed by atoms with Crippen LogP contribution in [0.5, 0.6) is 0 Å². The molecule has 0 aromatic carbocycles. The fourth-order valence-electron chi connectivity index (χ4n) is 9.68. The van der Waals surface area contributed by atoms with Crippen LogP contribution in [-0.4, -0.2) is 37.2 Å². The lowest BCUT2D eigenvalue weighted by atomic mass is 10.0. The zero-order valence-electron chi connectivity index (χ0n) is 46.4. The van der Waals surface area contributed by atoms with Crippen LogP contribution in [0.4, 0.5) is 0 Å². The van der Waals surface area contributed by atoms with Gasteiger partial charge in [-0.1, -0.05) is 323 Å². The van der Waals surface area contributed by atoms with E-state index >= 15 is 0 Å². The average Bonchev–Trinajstić information content (AvgIpc) is 3.34. The van der Waals surface area contributed by atoms with Crippen LogP contribution in [0.2, 0.25) is 0 Å². The molecule has 0 spiro atoms. The van der Waals surface area contributed by atoms with Gasteiger partial charge in [0.1, 0.15) is 13.2 Å². The summed E-state index contributed by atoms with van der Waals surface area (Å²) in [4.78, 5) is 38.2. The van der Waals surface area contributed by atoms with E-state index in [0.29, 0.717) is 19.3 Å². The largest absolute Gasteiger partial charge is 0.462 e. The summed E-state index contributed by atoms with van der Waals surface area (Å²) in [6, 6.07) is 0. The lowest BCUT2D eigenvalue weighted by molar-refractivity contribution is -0.167. The smallest absolute Gasteiger partial charge is 0.306 e. The Bertz CT molecular complexity index is 1010. The number of carbonyl (C=O) groups is 3. The minimum atomic E-state index is -0.761. The number of hydrogen-bond donors (Lipinski definition) is 0. The molecule has 0 aromatic rings. The van der Waals surface area contributed by atoms with E-state index in [1.807, 2.05) is 0 Å². The molecule has 0 N–H and O–H groups in total. The van der Waals surface area contributed by atoms with E-state index in [-0.39, 0.29) is 31.1 Å². The summed E-state index contributed by atoms with van der Waals surface area (Å²) in [6.45, 7) is 6.72. The maximum absolute atomic E-state index is 12.9. The minimum Gasteiger partial charge on any atom is -0.462 e. The SMILES string of the molecule is CCCCCCCCCCCCCCCCCCCCCCCC(=O)OCC(COC(=O)CCCCCCCCCCCCCCC)OC(=O)CCCCCCCCCCCCCCCCCC. The zero-order chi connectivity index (χ0) is 49.3. The summed E-state index contributed by atoms with van der Waals surface area (Å²) in [7, 11) is 0. The van der Waals surface area contributed by atoms with E-state index in [1.165, 1.54) is 263 Å². The number of hydrogen-bond acceptors (Lipinski definition) is 6. The van der Waals surface area contributed by atoms with Crippen LogP contribution in [-0.2, 0) is 28.6 Å². The number of esters is 3. The Labute approximate surface area is 425 Å². The van der Waals surface area contributed by atoms with E-state index in [4.69, 9.17) is 14.2 Å². The van der Waals surface area contributed by atoms with Gasteiger partial charge in [-0.05, 0) is 19.3 Å². The van der Waals surface area contributed by atoms with Gasteiger partial charge < -0.3 is 14.2 Å². The first-order valence-electron chi connectivity index (χ1n) is 31.0. The highest BCUT2D eigenvalue weighted by molar-refractivity contribution is 5.71. The quantitative estimate of drug-likeness (QED) is 0.0343. The zero-order valence-corrected chi connectivity index (χ0v) is 46.4. The summed E-state index contributed by atoms with van der Waals surface area (Å²) in [5.41, 5.74) is 0. The van der Waals surface area contributed by atoms with Gasteiger partial charge in [0.25, 0.3) is 0 Å². The molecule has 1 unspecified atom stereocenters. The summed E-state index contributed by atoms with van der Waals surface area (Å²) >= 11 is 0. The molecular weight excluding hydrogens is 841 g/mol. The van der Waals surface area contributed by atoms with Gasteiger partial charge in [-0.15, -0.1) is 0 Å². The van der Waals surface area contributed by atoms with E-state index in [9.17, 15) is 14.4 Å². The lowest BCUT2D eigenvalue weighted by Gasteiger charge is -2.18. The Hall–Kier alpha value is -1.59. The first-order chi connectivity index (χ1) is 33.5. The highest BCUT2D eigenvalue weighted by Gasteiger charge is 2.19. The van der Waals surface area contributed by atoms with Crippen LogP contribution >= 0.6 is 0 Å². The molecule has 0 saturated carbocycles. The van der Waals surface area contributed by atoms with Gasteiger partial charge in [-0.25, -0.2) is 0 Å². The van der Waals surface area contributed by atoms with Crippen LogP contribution in [0.15, 0.2) is 0 Å². The fraction of sp³-hybridized carbons (Fsp3) is 0.952. The van der Waals surface area contributed by atoms with Crippen molar-refractivity contribution in [2.75, 3.05) is 13.2 Å². The molecule has 0 amide bonds. The van der Waals surface area contributed by atoms with Gasteiger partial charge in [0.2, 0.25) is 0 Å². The maximum atomic E-state index is 12.9. The molecule has 0 aliphatic heterocycles. The molecule has 0 aromatic heterocycles. The van der Waals surface area contributed by atoms with Gasteiger partial charge in [0.15, 0.2) is 6.10 Å². The van der Waals surface area contributed by atoms with Gasteiger partial charge in [0.05, 0.1) is 0 Å². The van der Waals surface area contributed by atoms with Crippen molar-refractivity contribution in [3.05, 3.63) is 0 Å². The van der Waals surface area contributed by atoms with Crippen molar-refractivity contribution in [3.63, 3.8) is 0 Å². The molecule has 0 radical (unpaired) electrons. The molecule has 0 saturated heterocycles.